The number of nitrogens with one attached hydrogen (secondary N) is 2. The summed E-state index contributed by atoms with van der Waals surface area (Å²) in [6, 6.07) is 14.0. The fourth-order valence-corrected chi connectivity index (χ4v) is 3.86. The highest BCUT2D eigenvalue weighted by atomic mass is 35.5. The minimum Gasteiger partial charge on any atom is -0.378 e. The first kappa shape index (κ1) is 27.4. The van der Waals surface area contributed by atoms with Gasteiger partial charge in [0.1, 0.15) is 0 Å². The zero-order valence-corrected chi connectivity index (χ0v) is 22.3. The van der Waals surface area contributed by atoms with Gasteiger partial charge in [-0.2, -0.15) is 20.1 Å². The maximum atomic E-state index is 6.28. The number of halogens is 2. The van der Waals surface area contributed by atoms with E-state index in [1.807, 2.05) is 42.2 Å². The molecule has 0 atom stereocenters. The number of hydrazone groups is 1. The van der Waals surface area contributed by atoms with Crippen molar-refractivity contribution >= 4 is 59.4 Å². The van der Waals surface area contributed by atoms with Gasteiger partial charge in [-0.3, -0.25) is 0 Å². The first-order valence-electron chi connectivity index (χ1n) is 11.8. The number of rotatable bonds is 9. The third kappa shape index (κ3) is 7.19. The third-order valence-electron chi connectivity index (χ3n) is 5.75. The summed E-state index contributed by atoms with van der Waals surface area (Å²) < 4.78 is 5.43. The van der Waals surface area contributed by atoms with Crippen LogP contribution in [0.4, 0.5) is 29.2 Å². The van der Waals surface area contributed by atoms with Crippen LogP contribution in [0.3, 0.4) is 0 Å². The molecule has 2 N–H and O–H groups in total. The minimum atomic E-state index is 0. The Morgan fingerprint density at radius 1 is 1.03 bits per heavy atom. The van der Waals surface area contributed by atoms with Gasteiger partial charge in [0.15, 0.2) is 0 Å². The van der Waals surface area contributed by atoms with Crippen LogP contribution in [0.1, 0.15) is 25.0 Å². The molecule has 1 fully saturated rings. The summed E-state index contributed by atoms with van der Waals surface area (Å²) in [5.41, 5.74) is 6.91. The molecule has 0 radical (unpaired) electrons. The van der Waals surface area contributed by atoms with Crippen molar-refractivity contribution < 1.29 is 4.74 Å². The van der Waals surface area contributed by atoms with Crippen LogP contribution < -0.4 is 20.5 Å². The molecule has 1 aromatic heterocycles. The van der Waals surface area contributed by atoms with Crippen molar-refractivity contribution in [1.82, 2.24) is 15.0 Å². The normalized spacial score (nSPS) is 13.4. The molecular formula is C25H32Cl2N8O. The van der Waals surface area contributed by atoms with Crippen molar-refractivity contribution in [2.45, 2.75) is 20.8 Å². The van der Waals surface area contributed by atoms with Crippen LogP contribution in [0, 0.1) is 6.92 Å². The van der Waals surface area contributed by atoms with Gasteiger partial charge in [-0.15, -0.1) is 12.4 Å². The second kappa shape index (κ2) is 13.2. The fraction of sp³-hybridized carbons (Fsp3) is 0.360. The van der Waals surface area contributed by atoms with E-state index >= 15 is 0 Å². The van der Waals surface area contributed by atoms with E-state index in [0.717, 1.165) is 56.2 Å². The fourth-order valence-electron chi connectivity index (χ4n) is 3.68. The van der Waals surface area contributed by atoms with Gasteiger partial charge in [0.2, 0.25) is 17.8 Å². The average molecular weight is 531 g/mol. The predicted molar refractivity (Wildman–Crippen MR) is 151 cm³/mol. The topological polar surface area (TPSA) is 90.8 Å². The second-order valence-electron chi connectivity index (χ2n) is 8.10. The summed E-state index contributed by atoms with van der Waals surface area (Å²) in [4.78, 5) is 18.0. The molecular weight excluding hydrogens is 499 g/mol. The van der Waals surface area contributed by atoms with Crippen LogP contribution in [-0.2, 0) is 4.74 Å². The Bertz CT molecular complexity index is 1150. The Morgan fingerprint density at radius 2 is 1.72 bits per heavy atom. The van der Waals surface area contributed by atoms with Crippen LogP contribution in [-0.4, -0.2) is 60.6 Å². The highest BCUT2D eigenvalue weighted by Gasteiger charge is 2.12. The number of aryl methyl sites for hydroxylation is 1. The van der Waals surface area contributed by atoms with Crippen molar-refractivity contribution in [3.05, 3.63) is 58.6 Å². The molecule has 0 aliphatic carbocycles. The monoisotopic (exact) mass is 530 g/mol. The SMILES string of the molecule is CCN(CC)c1nc(N/N=C/c2ccc(N3CCOCC3)cc2)nc(Nc2ccc(C)c(Cl)c2)n1.Cl. The lowest BCUT2D eigenvalue weighted by Gasteiger charge is -2.28. The van der Waals surface area contributed by atoms with Crippen molar-refractivity contribution in [3.8, 4) is 0 Å². The van der Waals surface area contributed by atoms with Gasteiger partial charge >= 0.3 is 0 Å². The standard InChI is InChI=1S/C25H31ClN8O.ClH/c1-4-33(5-2)25-30-23(28-20-9-6-18(3)22(26)16-20)29-24(31-25)32-27-17-19-7-10-21(11-8-19)34-12-14-35-15-13-34;/h6-11,16-17H,4-5,12-15H2,1-3H3,(H2,28,29,30,31,32);1H/b27-17+;. The molecule has 0 saturated carbocycles. The van der Waals surface area contributed by atoms with E-state index in [1.165, 1.54) is 5.69 Å². The molecule has 3 aromatic rings. The van der Waals surface area contributed by atoms with Gasteiger partial charge in [-0.05, 0) is 56.2 Å². The summed E-state index contributed by atoms with van der Waals surface area (Å²) in [5.74, 6) is 1.33. The van der Waals surface area contributed by atoms with Crippen LogP contribution in [0.15, 0.2) is 47.6 Å². The third-order valence-corrected chi connectivity index (χ3v) is 6.15. The van der Waals surface area contributed by atoms with E-state index in [2.05, 4.69) is 61.7 Å². The van der Waals surface area contributed by atoms with Gasteiger partial charge in [0.05, 0.1) is 19.4 Å². The smallest absolute Gasteiger partial charge is 0.250 e. The molecule has 1 aliphatic heterocycles. The molecule has 0 amide bonds. The number of morpholine rings is 1. The lowest BCUT2D eigenvalue weighted by molar-refractivity contribution is 0.122. The Morgan fingerprint density at radius 3 is 2.39 bits per heavy atom. The van der Waals surface area contributed by atoms with E-state index < -0.39 is 0 Å². The van der Waals surface area contributed by atoms with Crippen molar-refractivity contribution in [2.75, 3.05) is 59.9 Å². The number of nitrogens with zero attached hydrogens (tertiary/aromatic N) is 6. The van der Waals surface area contributed by atoms with Gasteiger partial charge in [-0.1, -0.05) is 29.8 Å². The Balaban J connectivity index is 0.00000361. The molecule has 11 heteroatoms. The van der Waals surface area contributed by atoms with Crippen molar-refractivity contribution in [1.29, 1.82) is 0 Å². The quantitative estimate of drug-likeness (QED) is 0.290. The number of ether oxygens (including phenoxy) is 1. The number of aromatic nitrogens is 3. The second-order valence-corrected chi connectivity index (χ2v) is 8.51. The first-order chi connectivity index (χ1) is 17.1. The average Bonchev–Trinajstić information content (AvgIpc) is 2.88. The van der Waals surface area contributed by atoms with Crippen LogP contribution in [0.5, 0.6) is 0 Å². The molecule has 36 heavy (non-hydrogen) atoms. The molecule has 0 unspecified atom stereocenters. The van der Waals surface area contributed by atoms with Crippen molar-refractivity contribution in [3.63, 3.8) is 0 Å². The number of anilines is 5. The summed E-state index contributed by atoms with van der Waals surface area (Å²) in [6.07, 6.45) is 1.75. The summed E-state index contributed by atoms with van der Waals surface area (Å²) in [7, 11) is 0. The number of hydrogen-bond donors (Lipinski definition) is 2. The molecule has 2 heterocycles. The van der Waals surface area contributed by atoms with E-state index in [9.17, 15) is 0 Å². The highest BCUT2D eigenvalue weighted by molar-refractivity contribution is 6.31. The lowest BCUT2D eigenvalue weighted by Crippen LogP contribution is -2.36. The maximum Gasteiger partial charge on any atom is 0.250 e. The molecule has 1 aliphatic rings. The summed E-state index contributed by atoms with van der Waals surface area (Å²) >= 11 is 6.28. The Labute approximate surface area is 223 Å². The first-order valence-corrected chi connectivity index (χ1v) is 12.2. The number of hydrogen-bond acceptors (Lipinski definition) is 9. The maximum absolute atomic E-state index is 6.28. The zero-order valence-electron chi connectivity index (χ0n) is 20.7. The summed E-state index contributed by atoms with van der Waals surface area (Å²) in [6.45, 7) is 11.0. The summed E-state index contributed by atoms with van der Waals surface area (Å²) in [5, 5.41) is 8.25. The molecule has 4 rings (SSSR count). The van der Waals surface area contributed by atoms with Gasteiger partial charge in [0, 0.05) is 42.6 Å². The molecule has 192 valence electrons. The van der Waals surface area contributed by atoms with Gasteiger partial charge in [0.25, 0.3) is 0 Å². The van der Waals surface area contributed by atoms with Gasteiger partial charge < -0.3 is 19.9 Å². The predicted octanol–water partition coefficient (Wildman–Crippen LogP) is 5.13. The Kier molecular flexibility index (Phi) is 10.1. The van der Waals surface area contributed by atoms with E-state index in [-0.39, 0.29) is 12.4 Å². The van der Waals surface area contributed by atoms with Crippen LogP contribution in [0.25, 0.3) is 0 Å². The largest absolute Gasteiger partial charge is 0.378 e. The van der Waals surface area contributed by atoms with E-state index in [1.54, 1.807) is 6.21 Å². The molecule has 0 spiro atoms. The number of benzene rings is 2. The minimum absolute atomic E-state index is 0. The Hall–Kier alpha value is -3.14. The highest BCUT2D eigenvalue weighted by Crippen LogP contribution is 2.23. The van der Waals surface area contributed by atoms with Gasteiger partial charge in [-0.25, -0.2) is 5.43 Å². The van der Waals surface area contributed by atoms with Crippen molar-refractivity contribution in [2.24, 2.45) is 5.10 Å². The van der Waals surface area contributed by atoms with E-state index in [4.69, 9.17) is 16.3 Å². The molecule has 9 nitrogen and oxygen atoms in total. The molecule has 1 saturated heterocycles. The van der Waals surface area contributed by atoms with E-state index in [0.29, 0.717) is 22.9 Å². The van der Waals surface area contributed by atoms with Crippen LogP contribution >= 0.6 is 24.0 Å². The molecule has 0 bridgehead atoms. The lowest BCUT2D eigenvalue weighted by atomic mass is 10.2. The molecule has 2 aromatic carbocycles. The van der Waals surface area contributed by atoms with Crippen LogP contribution in [0.2, 0.25) is 5.02 Å². The zero-order chi connectivity index (χ0) is 24.6.